The van der Waals surface area contributed by atoms with Gasteiger partial charge in [0.15, 0.2) is 0 Å². The Kier molecular flexibility index (Phi) is 6.02. The average Bonchev–Trinajstić information content (AvgIpc) is 3.20. The van der Waals surface area contributed by atoms with Gasteiger partial charge in [-0.05, 0) is 47.2 Å². The number of nitrogens with one attached hydrogen (secondary N) is 1. The maximum atomic E-state index is 13.2. The molecule has 3 rings (SSSR count). The van der Waals surface area contributed by atoms with Crippen molar-refractivity contribution in [3.8, 4) is 5.75 Å². The van der Waals surface area contributed by atoms with Crippen molar-refractivity contribution < 1.29 is 13.9 Å². The molecule has 1 amide bonds. The Morgan fingerprint density at radius 1 is 1.12 bits per heavy atom. The number of hydrogen-bond acceptors (Lipinski definition) is 3. The molecular formula is C21H20FNO2S. The first-order valence-corrected chi connectivity index (χ1v) is 9.25. The number of thiophene rings is 1. The highest BCUT2D eigenvalue weighted by molar-refractivity contribution is 7.10. The standard InChI is InChI=1S/C21H20FNO2S/c1-25-18-6-3-2-5-15(18)10-13-20(24)23-21(19-7-4-14-26-19)16-8-11-17(22)12-9-16/h2-9,11-12,14,21H,10,13H2,1H3,(H,23,24). The van der Waals surface area contributed by atoms with Crippen LogP contribution in [0.3, 0.4) is 0 Å². The Balaban J connectivity index is 1.70. The summed E-state index contributed by atoms with van der Waals surface area (Å²) in [5.74, 6) is 0.438. The second-order valence-electron chi connectivity index (χ2n) is 5.88. The number of methoxy groups -OCH3 is 1. The molecule has 2 aromatic carbocycles. The average molecular weight is 369 g/mol. The van der Waals surface area contributed by atoms with E-state index in [1.807, 2.05) is 41.8 Å². The minimum absolute atomic E-state index is 0.0568. The Morgan fingerprint density at radius 2 is 1.88 bits per heavy atom. The summed E-state index contributed by atoms with van der Waals surface area (Å²) in [4.78, 5) is 13.6. The molecule has 1 atom stereocenters. The third kappa shape index (κ3) is 4.49. The molecule has 1 aromatic heterocycles. The second kappa shape index (κ2) is 8.63. The largest absolute Gasteiger partial charge is 0.496 e. The minimum atomic E-state index is -0.291. The van der Waals surface area contributed by atoms with Gasteiger partial charge in [0.2, 0.25) is 5.91 Å². The van der Waals surface area contributed by atoms with Gasteiger partial charge in [0, 0.05) is 11.3 Å². The van der Waals surface area contributed by atoms with Gasteiger partial charge in [-0.15, -0.1) is 11.3 Å². The molecule has 134 valence electrons. The van der Waals surface area contributed by atoms with Crippen LogP contribution in [-0.4, -0.2) is 13.0 Å². The van der Waals surface area contributed by atoms with E-state index < -0.39 is 0 Å². The smallest absolute Gasteiger partial charge is 0.221 e. The third-order valence-electron chi connectivity index (χ3n) is 4.15. The molecule has 0 bridgehead atoms. The Morgan fingerprint density at radius 3 is 2.58 bits per heavy atom. The number of amides is 1. The number of hydrogen-bond donors (Lipinski definition) is 1. The summed E-state index contributed by atoms with van der Waals surface area (Å²) in [5, 5.41) is 5.04. The molecule has 0 saturated heterocycles. The fourth-order valence-electron chi connectivity index (χ4n) is 2.82. The number of carbonyl (C=O) groups excluding carboxylic acids is 1. The lowest BCUT2D eigenvalue weighted by atomic mass is 10.0. The lowest BCUT2D eigenvalue weighted by molar-refractivity contribution is -0.121. The number of benzene rings is 2. The maximum Gasteiger partial charge on any atom is 0.221 e. The van der Waals surface area contributed by atoms with Gasteiger partial charge >= 0.3 is 0 Å². The fraction of sp³-hybridized carbons (Fsp3) is 0.190. The van der Waals surface area contributed by atoms with E-state index in [9.17, 15) is 9.18 Å². The lowest BCUT2D eigenvalue weighted by Gasteiger charge is -2.18. The first-order chi connectivity index (χ1) is 12.7. The molecule has 0 radical (unpaired) electrons. The molecule has 0 fully saturated rings. The number of aryl methyl sites for hydroxylation is 1. The molecule has 5 heteroatoms. The van der Waals surface area contributed by atoms with Gasteiger partial charge < -0.3 is 10.1 Å². The van der Waals surface area contributed by atoms with Crippen LogP contribution < -0.4 is 10.1 Å². The van der Waals surface area contributed by atoms with Crippen molar-refractivity contribution in [3.63, 3.8) is 0 Å². The molecule has 3 nitrogen and oxygen atoms in total. The maximum absolute atomic E-state index is 13.2. The van der Waals surface area contributed by atoms with Crippen LogP contribution in [0.4, 0.5) is 4.39 Å². The number of para-hydroxylation sites is 1. The van der Waals surface area contributed by atoms with Crippen molar-refractivity contribution in [2.24, 2.45) is 0 Å². The van der Waals surface area contributed by atoms with Crippen molar-refractivity contribution in [1.29, 1.82) is 0 Å². The van der Waals surface area contributed by atoms with Gasteiger partial charge in [-0.25, -0.2) is 4.39 Å². The summed E-state index contributed by atoms with van der Waals surface area (Å²) < 4.78 is 18.6. The Bertz CT molecular complexity index is 847. The molecule has 1 unspecified atom stereocenters. The highest BCUT2D eigenvalue weighted by Crippen LogP contribution is 2.26. The summed E-state index contributed by atoms with van der Waals surface area (Å²) in [6.07, 6.45) is 0.944. The van der Waals surface area contributed by atoms with Gasteiger partial charge in [0.05, 0.1) is 13.2 Å². The van der Waals surface area contributed by atoms with E-state index in [2.05, 4.69) is 5.32 Å². The quantitative estimate of drug-likeness (QED) is 0.654. The van der Waals surface area contributed by atoms with Gasteiger partial charge in [-0.1, -0.05) is 36.4 Å². The number of carbonyl (C=O) groups is 1. The lowest BCUT2D eigenvalue weighted by Crippen LogP contribution is -2.29. The van der Waals surface area contributed by atoms with E-state index in [1.165, 1.54) is 12.1 Å². The molecule has 0 aliphatic carbocycles. The van der Waals surface area contributed by atoms with Crippen LogP contribution in [-0.2, 0) is 11.2 Å². The van der Waals surface area contributed by atoms with E-state index in [-0.39, 0.29) is 17.8 Å². The highest BCUT2D eigenvalue weighted by atomic mass is 32.1. The Labute approximate surface area is 156 Å². The van der Waals surface area contributed by atoms with Gasteiger partial charge in [-0.2, -0.15) is 0 Å². The van der Waals surface area contributed by atoms with Crippen molar-refractivity contribution in [2.75, 3.05) is 7.11 Å². The normalized spacial score (nSPS) is 11.8. The summed E-state index contributed by atoms with van der Waals surface area (Å²) >= 11 is 1.56. The molecule has 3 aromatic rings. The number of rotatable bonds is 7. The van der Waals surface area contributed by atoms with Crippen LogP contribution >= 0.6 is 11.3 Å². The minimum Gasteiger partial charge on any atom is -0.496 e. The van der Waals surface area contributed by atoms with Gasteiger partial charge in [0.1, 0.15) is 11.6 Å². The SMILES string of the molecule is COc1ccccc1CCC(=O)NC(c1ccc(F)cc1)c1cccs1. The van der Waals surface area contributed by atoms with Crippen LogP contribution in [0.5, 0.6) is 5.75 Å². The molecule has 0 aliphatic heterocycles. The first-order valence-electron chi connectivity index (χ1n) is 8.37. The van der Waals surface area contributed by atoms with E-state index >= 15 is 0 Å². The number of halogens is 1. The zero-order chi connectivity index (χ0) is 18.4. The summed E-state index contributed by atoms with van der Waals surface area (Å²) in [5.41, 5.74) is 1.86. The zero-order valence-corrected chi connectivity index (χ0v) is 15.3. The van der Waals surface area contributed by atoms with Crippen LogP contribution in [0.15, 0.2) is 66.0 Å². The highest BCUT2D eigenvalue weighted by Gasteiger charge is 2.18. The van der Waals surface area contributed by atoms with Gasteiger partial charge in [0.25, 0.3) is 0 Å². The van der Waals surface area contributed by atoms with Crippen molar-refractivity contribution >= 4 is 17.2 Å². The summed E-state index contributed by atoms with van der Waals surface area (Å²) in [7, 11) is 1.63. The van der Waals surface area contributed by atoms with Crippen LogP contribution in [0.1, 0.15) is 28.5 Å². The van der Waals surface area contributed by atoms with Crippen LogP contribution in [0.25, 0.3) is 0 Å². The van der Waals surface area contributed by atoms with Crippen LogP contribution in [0.2, 0.25) is 0 Å². The van der Waals surface area contributed by atoms with Crippen molar-refractivity contribution in [1.82, 2.24) is 5.32 Å². The molecule has 0 spiro atoms. The fourth-order valence-corrected chi connectivity index (χ4v) is 3.62. The first kappa shape index (κ1) is 18.1. The molecule has 26 heavy (non-hydrogen) atoms. The van der Waals surface area contributed by atoms with Crippen molar-refractivity contribution in [2.45, 2.75) is 18.9 Å². The molecular weight excluding hydrogens is 349 g/mol. The van der Waals surface area contributed by atoms with Gasteiger partial charge in [-0.3, -0.25) is 4.79 Å². The van der Waals surface area contributed by atoms with Crippen molar-refractivity contribution in [3.05, 3.63) is 87.9 Å². The predicted octanol–water partition coefficient (Wildman–Crippen LogP) is 4.73. The molecule has 0 aliphatic rings. The molecule has 0 saturated carbocycles. The van der Waals surface area contributed by atoms with Crippen LogP contribution in [0, 0.1) is 5.82 Å². The van der Waals surface area contributed by atoms with E-state index in [0.29, 0.717) is 12.8 Å². The Hall–Kier alpha value is -2.66. The molecule has 1 heterocycles. The third-order valence-corrected chi connectivity index (χ3v) is 5.09. The number of ether oxygens (including phenoxy) is 1. The van der Waals surface area contributed by atoms with E-state index in [1.54, 1.807) is 30.6 Å². The van der Waals surface area contributed by atoms with E-state index in [0.717, 1.165) is 21.8 Å². The monoisotopic (exact) mass is 369 g/mol. The second-order valence-corrected chi connectivity index (χ2v) is 6.86. The topological polar surface area (TPSA) is 38.3 Å². The zero-order valence-electron chi connectivity index (χ0n) is 14.4. The summed E-state index contributed by atoms with van der Waals surface area (Å²) in [6.45, 7) is 0. The molecule has 1 N–H and O–H groups in total. The van der Waals surface area contributed by atoms with E-state index in [4.69, 9.17) is 4.74 Å². The predicted molar refractivity (Wildman–Crippen MR) is 102 cm³/mol. The summed E-state index contributed by atoms with van der Waals surface area (Å²) in [6, 6.07) is 17.6.